The first kappa shape index (κ1) is 13.9. The fraction of sp³-hybridized carbons (Fsp3) is 1.00. The smallest absolute Gasteiger partial charge is 0.0811 e. The lowest BCUT2D eigenvalue weighted by atomic mass is 10.1. The van der Waals surface area contributed by atoms with Crippen molar-refractivity contribution in [2.24, 2.45) is 0 Å². The molecule has 0 saturated carbocycles. The molecule has 1 aliphatic rings. The van der Waals surface area contributed by atoms with Crippen LogP contribution < -0.4 is 0 Å². The Bertz CT molecular complexity index is 100. The van der Waals surface area contributed by atoms with Gasteiger partial charge in [-0.1, -0.05) is 27.7 Å². The lowest BCUT2D eigenvalue weighted by molar-refractivity contribution is -0.197. The average molecular weight is 211 g/mol. The Labute approximate surface area is 94.6 Å². The van der Waals surface area contributed by atoms with Gasteiger partial charge in [-0.25, -0.2) is 0 Å². The van der Waals surface area contributed by atoms with Crippen LogP contribution in [0.1, 0.15) is 59.8 Å². The fourth-order valence-electron chi connectivity index (χ4n) is 1.12. The monoisotopic (exact) mass is 211 g/mol. The Kier molecular flexibility index (Phi) is 9.42. The second-order valence-corrected chi connectivity index (χ2v) is 3.09. The Hall–Kier alpha value is -0.0800. The van der Waals surface area contributed by atoms with Gasteiger partial charge in [-0.2, -0.15) is 0 Å². The molecule has 1 saturated heterocycles. The lowest BCUT2D eigenvalue weighted by Gasteiger charge is -2.36. The molecular formula is C12H32O2. The largest absolute Gasteiger partial charge is 0.370 e. The molecule has 2 heteroatoms. The summed E-state index contributed by atoms with van der Waals surface area (Å²) in [6.45, 7) is 16.2. The van der Waals surface area contributed by atoms with Gasteiger partial charge < -0.3 is 9.47 Å². The van der Waals surface area contributed by atoms with Crippen LogP contribution in [0, 0.1) is 0 Å². The Balaban J connectivity index is -0.000000106. The summed E-state index contributed by atoms with van der Waals surface area (Å²) in [5.74, 6) is 0. The van der Waals surface area contributed by atoms with Crippen molar-refractivity contribution in [1.29, 1.82) is 0 Å². The first-order chi connectivity index (χ1) is 7.61. The fourth-order valence-corrected chi connectivity index (χ4v) is 1.12. The molecule has 0 amide bonds. The molecule has 2 nitrogen and oxygen atoms in total. The van der Waals surface area contributed by atoms with E-state index in [0.29, 0.717) is 0 Å². The maximum Gasteiger partial charge on any atom is 0.0811 e. The van der Waals surface area contributed by atoms with Crippen molar-refractivity contribution in [2.45, 2.75) is 79.8 Å². The molecule has 0 spiro atoms. The predicted molar refractivity (Wildman–Crippen MR) is 66.9 cm³/mol. The zero-order valence-electron chi connectivity index (χ0n) is 13.1. The van der Waals surface area contributed by atoms with E-state index in [2.05, 4.69) is 0 Å². The van der Waals surface area contributed by atoms with Crippen molar-refractivity contribution < 1.29 is 13.9 Å². The van der Waals surface area contributed by atoms with Crippen LogP contribution in [0.5, 0.6) is 0 Å². The van der Waals surface area contributed by atoms with Crippen LogP contribution in [0.4, 0.5) is 0 Å². The zero-order valence-corrected chi connectivity index (χ0v) is 11.1. The minimum Gasteiger partial charge on any atom is -0.370 e. The Morgan fingerprint density at radius 3 is 0.929 bits per heavy atom. The molecule has 0 aromatic rings. The van der Waals surface area contributed by atoms with Crippen molar-refractivity contribution in [3.05, 3.63) is 0 Å². The van der Waals surface area contributed by atoms with Crippen molar-refractivity contribution >= 4 is 0 Å². The highest BCUT2D eigenvalue weighted by Crippen LogP contribution is 2.18. The van der Waals surface area contributed by atoms with E-state index in [9.17, 15) is 0 Å². The summed E-state index contributed by atoms with van der Waals surface area (Å²) < 4.78 is 21.2. The van der Waals surface area contributed by atoms with Crippen molar-refractivity contribution in [2.75, 3.05) is 0 Å². The van der Waals surface area contributed by atoms with E-state index in [4.69, 9.17) is 12.4 Å². The van der Waals surface area contributed by atoms with Gasteiger partial charge in [-0.05, 0) is 27.7 Å². The van der Waals surface area contributed by atoms with Gasteiger partial charge >= 0.3 is 0 Å². The molecule has 0 aliphatic carbocycles. The molecule has 0 aromatic carbocycles. The molecule has 0 aromatic heterocycles. The topological polar surface area (TPSA) is 18.5 Å². The minimum atomic E-state index is 0. The van der Waals surface area contributed by atoms with Gasteiger partial charge in [-0.3, -0.25) is 0 Å². The van der Waals surface area contributed by atoms with Gasteiger partial charge in [0, 0.05) is 4.40 Å². The van der Waals surface area contributed by atoms with Crippen molar-refractivity contribution in [3.63, 3.8) is 0 Å². The third kappa shape index (κ3) is 5.61. The Morgan fingerprint density at radius 1 is 0.643 bits per heavy atom. The summed E-state index contributed by atoms with van der Waals surface area (Å²) in [6, 6.07) is 0. The standard InChI is InChI=1S/C8H16O2.2C2H6.2H2/c1-5-6(2)10-8(4)7(3)9-5;2*1-2;;/h5-8H,1-4H3;2*1-2H3;2*1H/t5-,6+,7+,8-;;;;/i;;;1+1D;1+1. The quantitative estimate of drug-likeness (QED) is 0.600. The van der Waals surface area contributed by atoms with Crippen molar-refractivity contribution in [3.8, 4) is 0 Å². The maximum atomic E-state index is 5.59. The summed E-state index contributed by atoms with van der Waals surface area (Å²) in [7, 11) is 0. The molecule has 1 aliphatic heterocycles. The number of ether oxygens (including phenoxy) is 2. The second kappa shape index (κ2) is 9.47. The Morgan fingerprint density at radius 2 is 0.786 bits per heavy atom. The number of hydrogen-bond donors (Lipinski definition) is 0. The van der Waals surface area contributed by atoms with E-state index in [1.807, 2.05) is 55.4 Å². The number of hydrogen-bond acceptors (Lipinski definition) is 2. The molecule has 0 unspecified atom stereocenters. The normalized spacial score (nSPS) is 36.6. The summed E-state index contributed by atoms with van der Waals surface area (Å²) in [4.78, 5) is 0. The lowest BCUT2D eigenvalue weighted by Crippen LogP contribution is -2.44. The molecule has 0 radical (unpaired) electrons. The van der Waals surface area contributed by atoms with Gasteiger partial charge in [0.25, 0.3) is 0 Å². The SMILES string of the molecule is CC.CC.C[C@@H]1O[C@H](C)[C@H](C)O[C@@H]1C.[2HH].[2H][2H]. The van der Waals surface area contributed by atoms with Gasteiger partial charge in [0.1, 0.15) is 0 Å². The predicted octanol–water partition coefficient (Wildman–Crippen LogP) is 4.13. The summed E-state index contributed by atoms with van der Waals surface area (Å²) in [5.41, 5.74) is 0. The summed E-state index contributed by atoms with van der Waals surface area (Å²) in [6.07, 6.45) is 0.967. The average Bonchev–Trinajstić information content (AvgIpc) is 2.34. The highest BCUT2D eigenvalue weighted by atomic mass is 16.6. The zero-order chi connectivity index (χ0) is 13.7. The number of rotatable bonds is 0. The molecule has 14 heavy (non-hydrogen) atoms. The van der Waals surface area contributed by atoms with E-state index in [-0.39, 0.29) is 25.8 Å². The first-order valence-electron chi connectivity index (χ1n) is 6.92. The summed E-state index contributed by atoms with van der Waals surface area (Å²) in [5, 5.41) is 0. The molecule has 4 atom stereocenters. The van der Waals surface area contributed by atoms with E-state index in [0.717, 1.165) is 0 Å². The van der Waals surface area contributed by atoms with Crippen LogP contribution in [0.3, 0.4) is 0 Å². The molecule has 0 N–H and O–H groups in total. The maximum absolute atomic E-state index is 5.59. The molecule has 1 heterocycles. The van der Waals surface area contributed by atoms with Gasteiger partial charge in [0.15, 0.2) is 0 Å². The van der Waals surface area contributed by atoms with E-state index < -0.39 is 0 Å². The van der Waals surface area contributed by atoms with Crippen LogP contribution in [-0.2, 0) is 9.47 Å². The van der Waals surface area contributed by atoms with Gasteiger partial charge in [0.2, 0.25) is 0 Å². The van der Waals surface area contributed by atoms with Crippen LogP contribution in [-0.4, -0.2) is 24.4 Å². The molecule has 1 rings (SSSR count). The van der Waals surface area contributed by atoms with E-state index >= 15 is 0 Å². The van der Waals surface area contributed by atoms with Gasteiger partial charge in [-0.15, -0.1) is 0 Å². The van der Waals surface area contributed by atoms with Crippen molar-refractivity contribution in [1.82, 2.24) is 0 Å². The molecular weight excluding hydrogens is 176 g/mol. The van der Waals surface area contributed by atoms with Crippen LogP contribution in [0.25, 0.3) is 0 Å². The van der Waals surface area contributed by atoms with Crippen LogP contribution in [0.15, 0.2) is 0 Å². The van der Waals surface area contributed by atoms with E-state index in [1.54, 1.807) is 0 Å². The summed E-state index contributed by atoms with van der Waals surface area (Å²) >= 11 is 0. The molecule has 0 bridgehead atoms. The van der Waals surface area contributed by atoms with Gasteiger partial charge in [0.05, 0.1) is 24.4 Å². The first-order valence-corrected chi connectivity index (χ1v) is 5.92. The highest BCUT2D eigenvalue weighted by molar-refractivity contribution is 4.73. The van der Waals surface area contributed by atoms with Crippen LogP contribution >= 0.6 is 0 Å². The minimum absolute atomic E-state index is 0. The third-order valence-corrected chi connectivity index (χ3v) is 2.18. The highest BCUT2D eigenvalue weighted by Gasteiger charge is 2.28. The molecule has 1 fully saturated rings. The van der Waals surface area contributed by atoms with Crippen LogP contribution in [0.2, 0.25) is 0 Å². The van der Waals surface area contributed by atoms with E-state index in [1.165, 1.54) is 0 Å². The second-order valence-electron chi connectivity index (χ2n) is 3.09. The molecule has 92 valence electrons. The third-order valence-electron chi connectivity index (χ3n) is 2.18.